The van der Waals surface area contributed by atoms with Crippen LogP contribution in [0.5, 0.6) is 0 Å². The zero-order valence-corrected chi connectivity index (χ0v) is 9.31. The lowest BCUT2D eigenvalue weighted by Gasteiger charge is -2.02. The highest BCUT2D eigenvalue weighted by Gasteiger charge is 2.08. The summed E-state index contributed by atoms with van der Waals surface area (Å²) in [5, 5.41) is 7.46. The van der Waals surface area contributed by atoms with Gasteiger partial charge in [0.15, 0.2) is 11.5 Å². The van der Waals surface area contributed by atoms with Gasteiger partial charge in [-0.15, -0.1) is 0 Å². The predicted octanol–water partition coefficient (Wildman–Crippen LogP) is 1.91. The molecule has 0 amide bonds. The molecule has 0 saturated heterocycles. The number of nitrogens with zero attached hydrogens (tertiary/aromatic N) is 3. The van der Waals surface area contributed by atoms with Crippen molar-refractivity contribution in [2.24, 2.45) is 0 Å². The largest absolute Gasteiger partial charge is 0.383 e. The van der Waals surface area contributed by atoms with Gasteiger partial charge in [-0.25, -0.2) is 9.97 Å². The van der Waals surface area contributed by atoms with Gasteiger partial charge >= 0.3 is 0 Å². The molecule has 1 aromatic carbocycles. The van der Waals surface area contributed by atoms with Crippen LogP contribution in [0.25, 0.3) is 22.4 Å². The molecule has 0 radical (unpaired) electrons. The number of rotatable bonds is 1. The van der Waals surface area contributed by atoms with Crippen molar-refractivity contribution < 1.29 is 0 Å². The average Bonchev–Trinajstić information content (AvgIpc) is 2.78. The molecule has 5 heteroatoms. The second kappa shape index (κ2) is 3.55. The maximum Gasteiger partial charge on any atom is 0.163 e. The normalized spacial score (nSPS) is 10.9. The number of aryl methyl sites for hydroxylation is 1. The minimum absolute atomic E-state index is 0.444. The molecule has 3 rings (SSSR count). The van der Waals surface area contributed by atoms with Crippen LogP contribution in [0.1, 0.15) is 5.56 Å². The maximum absolute atomic E-state index is 5.86. The summed E-state index contributed by atoms with van der Waals surface area (Å²) in [5.74, 6) is 1.05. The molecule has 0 aliphatic carbocycles. The van der Waals surface area contributed by atoms with E-state index in [4.69, 9.17) is 5.73 Å². The molecule has 0 atom stereocenters. The molecule has 17 heavy (non-hydrogen) atoms. The Morgan fingerprint density at radius 2 is 1.88 bits per heavy atom. The van der Waals surface area contributed by atoms with E-state index in [1.807, 2.05) is 31.2 Å². The standard InChI is InChI=1S/C12H11N5/c1-7-2-4-8(5-3-7)11-15-10(13)9-6-14-17-12(9)16-11/h2-6H,1H3,(H3,13,14,15,16,17). The average molecular weight is 225 g/mol. The number of nitrogens with two attached hydrogens (primary N) is 1. The summed E-state index contributed by atoms with van der Waals surface area (Å²) in [6.45, 7) is 2.04. The monoisotopic (exact) mass is 225 g/mol. The summed E-state index contributed by atoms with van der Waals surface area (Å²) >= 11 is 0. The van der Waals surface area contributed by atoms with E-state index in [1.54, 1.807) is 6.20 Å². The fourth-order valence-electron chi connectivity index (χ4n) is 1.69. The van der Waals surface area contributed by atoms with E-state index in [0.717, 1.165) is 10.9 Å². The highest BCUT2D eigenvalue weighted by Crippen LogP contribution is 2.21. The molecule has 84 valence electrons. The first-order valence-corrected chi connectivity index (χ1v) is 5.27. The highest BCUT2D eigenvalue weighted by molar-refractivity contribution is 5.86. The Hall–Kier alpha value is -2.43. The second-order valence-corrected chi connectivity index (χ2v) is 3.93. The summed E-state index contributed by atoms with van der Waals surface area (Å²) < 4.78 is 0. The van der Waals surface area contributed by atoms with Gasteiger partial charge in [0.25, 0.3) is 0 Å². The third kappa shape index (κ3) is 1.61. The van der Waals surface area contributed by atoms with Crippen LogP contribution >= 0.6 is 0 Å². The molecular weight excluding hydrogens is 214 g/mol. The van der Waals surface area contributed by atoms with Gasteiger partial charge in [-0.05, 0) is 6.92 Å². The van der Waals surface area contributed by atoms with Crippen LogP contribution in [0.3, 0.4) is 0 Å². The Balaban J connectivity index is 2.20. The van der Waals surface area contributed by atoms with E-state index in [2.05, 4.69) is 20.2 Å². The van der Waals surface area contributed by atoms with Gasteiger partial charge in [-0.1, -0.05) is 29.8 Å². The van der Waals surface area contributed by atoms with Gasteiger partial charge in [0.2, 0.25) is 0 Å². The van der Waals surface area contributed by atoms with Crippen LogP contribution in [0.15, 0.2) is 30.5 Å². The molecule has 3 N–H and O–H groups in total. The number of nitrogen functional groups attached to an aromatic ring is 1. The van der Waals surface area contributed by atoms with Crippen LogP contribution in [-0.4, -0.2) is 20.2 Å². The van der Waals surface area contributed by atoms with Crippen molar-refractivity contribution in [2.75, 3.05) is 5.73 Å². The Kier molecular flexibility index (Phi) is 2.04. The highest BCUT2D eigenvalue weighted by atomic mass is 15.2. The molecule has 0 spiro atoms. The van der Waals surface area contributed by atoms with Gasteiger partial charge in [-0.2, -0.15) is 5.10 Å². The molecule has 0 fully saturated rings. The number of aromatic nitrogens is 4. The first-order valence-electron chi connectivity index (χ1n) is 5.27. The Morgan fingerprint density at radius 1 is 1.12 bits per heavy atom. The number of fused-ring (bicyclic) bond motifs is 1. The number of benzene rings is 1. The van der Waals surface area contributed by atoms with Crippen LogP contribution in [0, 0.1) is 6.92 Å². The zero-order valence-electron chi connectivity index (χ0n) is 9.31. The number of hydrogen-bond donors (Lipinski definition) is 2. The molecular formula is C12H11N5. The van der Waals surface area contributed by atoms with E-state index in [1.165, 1.54) is 5.56 Å². The summed E-state index contributed by atoms with van der Waals surface area (Å²) in [6, 6.07) is 8.00. The molecule has 0 unspecified atom stereocenters. The summed E-state index contributed by atoms with van der Waals surface area (Å²) in [6.07, 6.45) is 1.63. The first-order chi connectivity index (χ1) is 8.24. The molecule has 2 aromatic heterocycles. The minimum atomic E-state index is 0.444. The van der Waals surface area contributed by atoms with E-state index in [0.29, 0.717) is 17.3 Å². The third-order valence-electron chi connectivity index (χ3n) is 2.65. The fourth-order valence-corrected chi connectivity index (χ4v) is 1.69. The van der Waals surface area contributed by atoms with Crippen LogP contribution in [0.4, 0.5) is 5.82 Å². The smallest absolute Gasteiger partial charge is 0.163 e. The molecule has 2 heterocycles. The summed E-state index contributed by atoms with van der Waals surface area (Å²) in [5.41, 5.74) is 8.66. The Bertz CT molecular complexity index is 669. The maximum atomic E-state index is 5.86. The fraction of sp³-hybridized carbons (Fsp3) is 0.0833. The molecule has 0 aliphatic rings. The number of aromatic amines is 1. The number of nitrogens with one attached hydrogen (secondary N) is 1. The van der Waals surface area contributed by atoms with Gasteiger partial charge in [0, 0.05) is 5.56 Å². The lowest BCUT2D eigenvalue weighted by Crippen LogP contribution is -1.96. The Labute approximate surface area is 97.7 Å². The van der Waals surface area contributed by atoms with Crippen molar-refractivity contribution in [3.8, 4) is 11.4 Å². The van der Waals surface area contributed by atoms with Gasteiger partial charge in [0.05, 0.1) is 11.6 Å². The second-order valence-electron chi connectivity index (χ2n) is 3.93. The van der Waals surface area contributed by atoms with Crippen molar-refractivity contribution >= 4 is 16.9 Å². The zero-order chi connectivity index (χ0) is 11.8. The SMILES string of the molecule is Cc1ccc(-c2nc(N)c3cn[nH]c3n2)cc1. The van der Waals surface area contributed by atoms with E-state index in [9.17, 15) is 0 Å². The lowest BCUT2D eigenvalue weighted by atomic mass is 10.1. The molecule has 3 aromatic rings. The van der Waals surface area contributed by atoms with Crippen molar-refractivity contribution in [1.82, 2.24) is 20.2 Å². The third-order valence-corrected chi connectivity index (χ3v) is 2.65. The van der Waals surface area contributed by atoms with E-state index >= 15 is 0 Å². The number of hydrogen-bond acceptors (Lipinski definition) is 4. The first kappa shape index (κ1) is 9.77. The van der Waals surface area contributed by atoms with Crippen molar-refractivity contribution in [2.45, 2.75) is 6.92 Å². The van der Waals surface area contributed by atoms with Crippen LogP contribution in [-0.2, 0) is 0 Å². The number of anilines is 1. The van der Waals surface area contributed by atoms with Crippen molar-refractivity contribution in [1.29, 1.82) is 0 Å². The van der Waals surface area contributed by atoms with Crippen molar-refractivity contribution in [3.63, 3.8) is 0 Å². The van der Waals surface area contributed by atoms with E-state index in [-0.39, 0.29) is 0 Å². The van der Waals surface area contributed by atoms with Gasteiger partial charge < -0.3 is 5.73 Å². The number of H-pyrrole nitrogens is 1. The van der Waals surface area contributed by atoms with Crippen LogP contribution in [0.2, 0.25) is 0 Å². The van der Waals surface area contributed by atoms with Crippen molar-refractivity contribution in [3.05, 3.63) is 36.0 Å². The van der Waals surface area contributed by atoms with Gasteiger partial charge in [0.1, 0.15) is 5.82 Å². The molecule has 0 bridgehead atoms. The van der Waals surface area contributed by atoms with Gasteiger partial charge in [-0.3, -0.25) is 5.10 Å². The summed E-state index contributed by atoms with van der Waals surface area (Å²) in [4.78, 5) is 8.67. The lowest BCUT2D eigenvalue weighted by molar-refractivity contribution is 1.09. The Morgan fingerprint density at radius 3 is 2.65 bits per heavy atom. The molecule has 0 aliphatic heterocycles. The quantitative estimate of drug-likeness (QED) is 0.663. The molecule has 0 saturated carbocycles. The minimum Gasteiger partial charge on any atom is -0.383 e. The topological polar surface area (TPSA) is 80.5 Å². The van der Waals surface area contributed by atoms with E-state index < -0.39 is 0 Å². The molecule has 5 nitrogen and oxygen atoms in total. The van der Waals surface area contributed by atoms with Crippen LogP contribution < -0.4 is 5.73 Å². The predicted molar refractivity (Wildman–Crippen MR) is 66.3 cm³/mol. The summed E-state index contributed by atoms with van der Waals surface area (Å²) in [7, 11) is 0.